The van der Waals surface area contributed by atoms with Gasteiger partial charge in [-0.3, -0.25) is 4.79 Å². The number of Topliss-reactive ketones (excluding diaryl/α,β-unsaturated/α-hetero) is 1. The molecule has 0 aromatic heterocycles. The highest BCUT2D eigenvalue weighted by Crippen LogP contribution is 2.31. The van der Waals surface area contributed by atoms with Crippen LogP contribution in [-0.2, 0) is 11.2 Å². The van der Waals surface area contributed by atoms with Gasteiger partial charge in [0.2, 0.25) is 0 Å². The second-order valence-corrected chi connectivity index (χ2v) is 8.93. The van der Waals surface area contributed by atoms with Gasteiger partial charge in [0.15, 0.2) is 0 Å². The van der Waals surface area contributed by atoms with E-state index in [0.29, 0.717) is 24.5 Å². The van der Waals surface area contributed by atoms with E-state index in [0.717, 1.165) is 18.6 Å². The molecule has 0 spiro atoms. The zero-order chi connectivity index (χ0) is 20.4. The fourth-order valence-electron chi connectivity index (χ4n) is 4.71. The van der Waals surface area contributed by atoms with Crippen molar-refractivity contribution in [1.82, 2.24) is 0 Å². The third-order valence-electron chi connectivity index (χ3n) is 6.31. The maximum absolute atomic E-state index is 11.8. The number of carbonyl (C=O) groups is 1. The molecular formula is C25H34N2O. The van der Waals surface area contributed by atoms with Gasteiger partial charge in [-0.2, -0.15) is 0 Å². The number of ketones is 1. The van der Waals surface area contributed by atoms with Gasteiger partial charge in [-0.25, -0.2) is 0 Å². The highest BCUT2D eigenvalue weighted by molar-refractivity contribution is 5.88. The molecule has 0 saturated heterocycles. The number of rotatable bonds is 5. The van der Waals surface area contributed by atoms with Gasteiger partial charge in [-0.05, 0) is 56.2 Å². The van der Waals surface area contributed by atoms with Gasteiger partial charge in [0.05, 0.1) is 0 Å². The Kier molecular flexibility index (Phi) is 6.22. The molecule has 0 bridgehead atoms. The molecule has 1 aromatic rings. The number of benzene rings is 1. The lowest BCUT2D eigenvalue weighted by Crippen LogP contribution is -2.29. The van der Waals surface area contributed by atoms with Crippen LogP contribution in [0, 0.1) is 37.0 Å². The van der Waals surface area contributed by atoms with Crippen LogP contribution in [0.5, 0.6) is 0 Å². The first-order chi connectivity index (χ1) is 13.2. The normalized spacial score (nSPS) is 26.2. The lowest BCUT2D eigenvalue weighted by molar-refractivity contribution is -0.119. The molecule has 3 heteroatoms. The topological polar surface area (TPSA) is 53.0 Å². The molecule has 0 heterocycles. The molecule has 0 saturated carbocycles. The third kappa shape index (κ3) is 4.63. The summed E-state index contributed by atoms with van der Waals surface area (Å²) in [6.07, 6.45) is 9.68. The Morgan fingerprint density at radius 1 is 1.18 bits per heavy atom. The summed E-state index contributed by atoms with van der Waals surface area (Å²) in [5.41, 5.74) is 7.38. The summed E-state index contributed by atoms with van der Waals surface area (Å²) < 4.78 is 0. The lowest BCUT2D eigenvalue weighted by Gasteiger charge is -2.27. The fourth-order valence-corrected chi connectivity index (χ4v) is 4.71. The lowest BCUT2D eigenvalue weighted by atomic mass is 9.80. The summed E-state index contributed by atoms with van der Waals surface area (Å²) in [4.78, 5) is 11.8. The second-order valence-electron chi connectivity index (χ2n) is 8.93. The average molecular weight is 379 g/mol. The van der Waals surface area contributed by atoms with Crippen molar-refractivity contribution in [2.45, 2.75) is 66.3 Å². The van der Waals surface area contributed by atoms with Crippen molar-refractivity contribution in [3.8, 4) is 0 Å². The fraction of sp³-hybridized carbons (Fsp3) is 0.520. The van der Waals surface area contributed by atoms with Crippen molar-refractivity contribution >= 4 is 17.2 Å². The molecule has 1 aromatic carbocycles. The molecule has 0 fully saturated rings. The summed E-state index contributed by atoms with van der Waals surface area (Å²) in [5.74, 6) is 1.21. The largest absolute Gasteiger partial charge is 0.382 e. The van der Waals surface area contributed by atoms with Gasteiger partial charge >= 0.3 is 0 Å². The van der Waals surface area contributed by atoms with Crippen LogP contribution in [0.3, 0.4) is 0 Å². The SMILES string of the molecule is Cc1cc(CC2=CC(C)C(=N)C(C)C2)cc(C)c1NC(C)C1C=CCC(=O)C1. The molecule has 2 aliphatic carbocycles. The minimum Gasteiger partial charge on any atom is -0.382 e. The Hall–Kier alpha value is -2.16. The molecule has 2 aliphatic rings. The van der Waals surface area contributed by atoms with Crippen LogP contribution in [0.4, 0.5) is 5.69 Å². The highest BCUT2D eigenvalue weighted by Gasteiger charge is 2.23. The summed E-state index contributed by atoms with van der Waals surface area (Å²) in [6.45, 7) is 10.8. The summed E-state index contributed by atoms with van der Waals surface area (Å²) >= 11 is 0. The number of hydrogen-bond acceptors (Lipinski definition) is 3. The first kappa shape index (κ1) is 20.6. The first-order valence-corrected chi connectivity index (χ1v) is 10.6. The van der Waals surface area contributed by atoms with Crippen LogP contribution in [0.15, 0.2) is 35.9 Å². The Labute approximate surface area is 169 Å². The van der Waals surface area contributed by atoms with Crippen LogP contribution >= 0.6 is 0 Å². The van der Waals surface area contributed by atoms with E-state index in [2.05, 4.69) is 64.2 Å². The highest BCUT2D eigenvalue weighted by atomic mass is 16.1. The van der Waals surface area contributed by atoms with Crippen molar-refractivity contribution in [2.24, 2.45) is 17.8 Å². The number of aryl methyl sites for hydroxylation is 2. The van der Waals surface area contributed by atoms with E-state index < -0.39 is 0 Å². The van der Waals surface area contributed by atoms with Crippen molar-refractivity contribution in [3.05, 3.63) is 52.6 Å². The predicted octanol–water partition coefficient (Wildman–Crippen LogP) is 5.80. The van der Waals surface area contributed by atoms with Crippen molar-refractivity contribution in [3.63, 3.8) is 0 Å². The van der Waals surface area contributed by atoms with Gasteiger partial charge < -0.3 is 10.7 Å². The maximum Gasteiger partial charge on any atom is 0.137 e. The molecule has 4 unspecified atom stereocenters. The monoisotopic (exact) mass is 378 g/mol. The molecule has 3 nitrogen and oxygen atoms in total. The minimum absolute atomic E-state index is 0.234. The van der Waals surface area contributed by atoms with Gasteiger partial charge in [0.25, 0.3) is 0 Å². The Balaban J connectivity index is 1.73. The van der Waals surface area contributed by atoms with Crippen molar-refractivity contribution in [2.75, 3.05) is 5.32 Å². The van der Waals surface area contributed by atoms with Crippen molar-refractivity contribution < 1.29 is 4.79 Å². The average Bonchev–Trinajstić information content (AvgIpc) is 2.62. The Bertz CT molecular complexity index is 810. The Morgan fingerprint density at radius 3 is 2.46 bits per heavy atom. The van der Waals surface area contributed by atoms with Crippen LogP contribution in [0.25, 0.3) is 0 Å². The van der Waals surface area contributed by atoms with Crippen LogP contribution in [0.2, 0.25) is 0 Å². The van der Waals surface area contributed by atoms with E-state index in [4.69, 9.17) is 5.41 Å². The van der Waals surface area contributed by atoms with E-state index in [1.807, 2.05) is 6.08 Å². The van der Waals surface area contributed by atoms with Crippen LogP contribution < -0.4 is 5.32 Å². The molecule has 0 amide bonds. The maximum atomic E-state index is 11.8. The minimum atomic E-state index is 0.234. The van der Waals surface area contributed by atoms with E-state index in [1.165, 1.54) is 28.0 Å². The van der Waals surface area contributed by atoms with Crippen molar-refractivity contribution in [1.29, 1.82) is 5.41 Å². The molecule has 4 atom stereocenters. The van der Waals surface area contributed by atoms with Gasteiger partial charge in [0, 0.05) is 42.1 Å². The van der Waals surface area contributed by atoms with Gasteiger partial charge in [0.1, 0.15) is 5.78 Å². The van der Waals surface area contributed by atoms with Gasteiger partial charge in [-0.15, -0.1) is 0 Å². The number of hydrogen-bond donors (Lipinski definition) is 2. The van der Waals surface area contributed by atoms with Crippen LogP contribution in [-0.4, -0.2) is 17.5 Å². The quantitative estimate of drug-likeness (QED) is 0.636. The number of allylic oxidation sites excluding steroid dienone is 3. The molecule has 0 radical (unpaired) electrons. The standard InChI is InChI=1S/C25H34N2O/c1-15-9-20(10-16(2)24(15)26)13-21-11-17(3)25(18(4)12-21)27-19(5)22-7-6-8-23(28)14-22/h6-7,9,11-12,15-16,19,22,26-27H,8,10,13-14H2,1-5H3. The van der Waals surface area contributed by atoms with Gasteiger partial charge in [-0.1, -0.05) is 49.8 Å². The zero-order valence-electron chi connectivity index (χ0n) is 17.9. The molecule has 3 rings (SSSR count). The number of anilines is 1. The summed E-state index contributed by atoms with van der Waals surface area (Å²) in [7, 11) is 0. The number of nitrogens with one attached hydrogen (secondary N) is 2. The first-order valence-electron chi connectivity index (χ1n) is 10.6. The molecular weight excluding hydrogens is 344 g/mol. The summed E-state index contributed by atoms with van der Waals surface area (Å²) in [6, 6.07) is 4.82. The smallest absolute Gasteiger partial charge is 0.137 e. The van der Waals surface area contributed by atoms with E-state index in [1.54, 1.807) is 0 Å². The number of carbonyl (C=O) groups excluding carboxylic acids is 1. The molecule has 2 N–H and O–H groups in total. The predicted molar refractivity (Wildman–Crippen MR) is 118 cm³/mol. The van der Waals surface area contributed by atoms with Crippen LogP contribution in [0.1, 0.15) is 56.7 Å². The zero-order valence-corrected chi connectivity index (χ0v) is 17.9. The molecule has 150 valence electrons. The van der Waals surface area contributed by atoms with E-state index in [-0.39, 0.29) is 17.9 Å². The molecule has 0 aliphatic heterocycles. The second kappa shape index (κ2) is 8.46. The molecule has 28 heavy (non-hydrogen) atoms. The third-order valence-corrected chi connectivity index (χ3v) is 6.31. The van der Waals surface area contributed by atoms with E-state index >= 15 is 0 Å². The Morgan fingerprint density at radius 2 is 1.86 bits per heavy atom. The summed E-state index contributed by atoms with van der Waals surface area (Å²) in [5, 5.41) is 11.8. The van der Waals surface area contributed by atoms with E-state index in [9.17, 15) is 4.79 Å².